The molecule has 0 aliphatic carbocycles. The third kappa shape index (κ3) is 33.9. The zero-order valence-electron chi connectivity index (χ0n) is 66.7. The molecule has 34 heteroatoms. The fourth-order valence-electron chi connectivity index (χ4n) is 13.1. The van der Waals surface area contributed by atoms with Crippen molar-refractivity contribution in [2.24, 2.45) is 45.7 Å². The number of hydrogen-bond donors (Lipinski definition) is 18. The molecule has 1 unspecified atom stereocenters. The molecule has 0 aliphatic heterocycles. The highest BCUT2D eigenvalue weighted by atomic mass is 28.3. The summed E-state index contributed by atoms with van der Waals surface area (Å²) in [5, 5.41) is 43.0. The van der Waals surface area contributed by atoms with E-state index in [4.69, 9.17) is 22.9 Å². The quantitative estimate of drug-likeness (QED) is 0.0125. The maximum absolute atomic E-state index is 14.4. The number of para-hydroxylation sites is 1. The minimum absolute atomic E-state index is 0.0170. The number of fused-ring (bicyclic) bond motifs is 1. The van der Waals surface area contributed by atoms with Crippen molar-refractivity contribution in [3.63, 3.8) is 0 Å². The van der Waals surface area contributed by atoms with Crippen LogP contribution < -0.4 is 86.6 Å². The fraction of sp³-hybridized carbons (Fsp3) is 0.597. The van der Waals surface area contributed by atoms with Crippen LogP contribution >= 0.6 is 0 Å². The predicted molar refractivity (Wildman–Crippen MR) is 424 cm³/mol. The lowest BCUT2D eigenvalue weighted by molar-refractivity contribution is -0.135. The lowest BCUT2D eigenvalue weighted by Crippen LogP contribution is -2.59. The molecule has 111 heavy (non-hydrogen) atoms. The van der Waals surface area contributed by atoms with Gasteiger partial charge in [-0.1, -0.05) is 131 Å². The van der Waals surface area contributed by atoms with Crippen molar-refractivity contribution in [3.05, 3.63) is 84.1 Å². The van der Waals surface area contributed by atoms with Crippen LogP contribution in [0.1, 0.15) is 184 Å². The molecular weight excluding hydrogens is 1440 g/mol. The molecule has 2 heterocycles. The number of carbonyl (C=O) groups excluding carboxylic acids is 13. The predicted octanol–water partition coefficient (Wildman–Crippen LogP) is 0.722. The van der Waals surface area contributed by atoms with Gasteiger partial charge in [-0.3, -0.25) is 67.3 Å². The second-order valence-corrected chi connectivity index (χ2v) is 35.7. The number of benzene rings is 2. The van der Waals surface area contributed by atoms with E-state index in [-0.39, 0.29) is 117 Å². The number of nitrogens with zero attached hydrogens (tertiary/aromatic N) is 2. The van der Waals surface area contributed by atoms with Crippen molar-refractivity contribution >= 4 is 108 Å². The summed E-state index contributed by atoms with van der Waals surface area (Å²) in [7, 11) is -0.934. The van der Waals surface area contributed by atoms with Crippen LogP contribution in [0.4, 0.5) is 0 Å². The van der Waals surface area contributed by atoms with Crippen LogP contribution in [0.2, 0.25) is 10.1 Å². The van der Waals surface area contributed by atoms with E-state index in [9.17, 15) is 67.4 Å². The van der Waals surface area contributed by atoms with Crippen LogP contribution in [-0.2, 0) is 81.6 Å². The zero-order chi connectivity index (χ0) is 82.9. The number of hydrogen-bond acceptors (Lipinski definition) is 16. The molecule has 613 valence electrons. The number of aromatic amines is 2. The van der Waals surface area contributed by atoms with Crippen LogP contribution in [0.3, 0.4) is 0 Å². The summed E-state index contributed by atoms with van der Waals surface area (Å²) in [5.41, 5.74) is 24.7. The third-order valence-corrected chi connectivity index (χ3v) is 22.2. The smallest absolute Gasteiger partial charge is 0.243 e. The fourth-order valence-corrected chi connectivity index (χ4v) is 17.6. The number of unbranched alkanes of at least 4 members (excludes halogenated alkanes) is 2. The number of aliphatic imine (C=N–C) groups is 1. The average Bonchev–Trinajstić information content (AvgIpc) is 1.77. The number of primary amides is 2. The molecule has 0 spiro atoms. The Kier molecular flexibility index (Phi) is 38.4. The Bertz CT molecular complexity index is 3760. The van der Waals surface area contributed by atoms with E-state index in [1.165, 1.54) is 24.6 Å². The first kappa shape index (κ1) is 93.1. The minimum Gasteiger partial charge on any atom is -0.390 e. The molecule has 0 saturated carbocycles. The second kappa shape index (κ2) is 45.8. The first-order valence-corrected chi connectivity index (χ1v) is 39.6. The molecular formula is C77H122N19O14Si. The van der Waals surface area contributed by atoms with Gasteiger partial charge in [0, 0.05) is 80.7 Å². The van der Waals surface area contributed by atoms with Gasteiger partial charge in [-0.2, -0.15) is 0 Å². The van der Waals surface area contributed by atoms with Gasteiger partial charge in [0.1, 0.15) is 42.3 Å². The van der Waals surface area contributed by atoms with Crippen molar-refractivity contribution < 1.29 is 67.4 Å². The van der Waals surface area contributed by atoms with Crippen LogP contribution in [0.15, 0.2) is 72.2 Å². The number of rotatable bonds is 48. The average molecular weight is 1570 g/mol. The van der Waals surface area contributed by atoms with Crippen molar-refractivity contribution in [2.75, 3.05) is 26.2 Å². The van der Waals surface area contributed by atoms with Crippen molar-refractivity contribution in [1.82, 2.24) is 73.4 Å². The Hall–Kier alpha value is -10.3. The van der Waals surface area contributed by atoms with E-state index >= 15 is 0 Å². The topological polar surface area (TPSA) is 535 Å². The number of aromatic nitrogens is 3. The Labute approximate surface area is 652 Å². The Balaban J connectivity index is 1.35. The summed E-state index contributed by atoms with van der Waals surface area (Å²) in [5.74, 6) is -9.86. The lowest BCUT2D eigenvalue weighted by Gasteiger charge is -2.39. The van der Waals surface area contributed by atoms with Gasteiger partial charge in [0.05, 0.1) is 46.7 Å². The summed E-state index contributed by atoms with van der Waals surface area (Å²) in [6.45, 7) is 25.3. The maximum Gasteiger partial charge on any atom is 0.243 e. The highest BCUT2D eigenvalue weighted by Crippen LogP contribution is 2.41. The number of guanidine groups is 1. The summed E-state index contributed by atoms with van der Waals surface area (Å²) in [6, 6.07) is 5.80. The molecule has 2 aromatic carbocycles. The molecule has 2 aromatic heterocycles. The summed E-state index contributed by atoms with van der Waals surface area (Å²) < 4.78 is 0. The largest absolute Gasteiger partial charge is 0.390 e. The Morgan fingerprint density at radius 3 is 1.68 bits per heavy atom. The van der Waals surface area contributed by atoms with Gasteiger partial charge in [-0.15, -0.1) is 0 Å². The number of aliphatic hydroxyl groups excluding tert-OH is 1. The summed E-state index contributed by atoms with van der Waals surface area (Å²) >= 11 is 0. The molecule has 0 saturated heterocycles. The normalized spacial score (nSPS) is 14.1. The Morgan fingerprint density at radius 1 is 0.541 bits per heavy atom. The molecule has 0 bridgehead atoms. The van der Waals surface area contributed by atoms with Gasteiger partial charge in [-0.05, 0) is 103 Å². The van der Waals surface area contributed by atoms with E-state index in [1.807, 2.05) is 26.0 Å². The molecule has 22 N–H and O–H groups in total. The number of amides is 13. The van der Waals surface area contributed by atoms with Crippen LogP contribution in [-0.4, -0.2) is 192 Å². The van der Waals surface area contributed by atoms with E-state index in [1.54, 1.807) is 58.2 Å². The molecule has 4 rings (SSSR count). The van der Waals surface area contributed by atoms with Crippen LogP contribution in [0.25, 0.3) is 10.9 Å². The van der Waals surface area contributed by atoms with Gasteiger partial charge in [-0.25, -0.2) is 4.98 Å². The molecule has 0 fully saturated rings. The highest BCUT2D eigenvalue weighted by molar-refractivity contribution is 6.78. The van der Waals surface area contributed by atoms with Gasteiger partial charge in [0.25, 0.3) is 0 Å². The van der Waals surface area contributed by atoms with Crippen LogP contribution in [0, 0.1) is 17.8 Å². The van der Waals surface area contributed by atoms with Crippen molar-refractivity contribution in [3.8, 4) is 0 Å². The molecule has 33 nitrogen and oxygen atoms in total. The Morgan fingerprint density at radius 2 is 1.12 bits per heavy atom. The number of nitrogens with two attached hydrogens (primary N) is 4. The number of nitrogens with one attached hydrogen (secondary N) is 13. The van der Waals surface area contributed by atoms with Gasteiger partial charge >= 0.3 is 0 Å². The standard InChI is InChI=1S/C77H122N19O14Si/c1-44(2)35-56(68(79)104)92-64(102)39-59(97)66(45(3)4)95-73(109)58(38-50-41-82-43-88-50)93-65(103)42-87-74(110)67(46(5)6)96-69(105)47(7)89-72(108)57(37-49-40-86-53-22-15-14-21-52(49)53)94-71(107)55(30-31-60(78)98)91-62(100)25-17-19-33-84-70(106)54(23-20-34-85-75(80)81)90-61(99)24-16-18-32-83-63(101)36-48-26-28-51(29-27-48)111(76(8,9)10)77(11,12)13/h14-15,21-22,26-29,40-41,43-47,54-59,66-67,86,97H,16-20,23-25,30-39,42H2,1-13H3,(H2,78,98)(H2,79,104)(H,82,88)(H,83,101)(H,84,106)(H,87,110)(H,89,108)(H,90,99)(H,91,100)(H,92,102)(H,93,103)(H,94,107)(H,95,109)(H,96,105)(H4,80,81,85)/t47-,54-,55-,56-,57-,58-,59-,66?,67-/m0/s1. The van der Waals surface area contributed by atoms with Crippen LogP contribution in [0.5, 0.6) is 0 Å². The number of carbonyl (C=O) groups is 13. The van der Waals surface area contributed by atoms with E-state index in [0.717, 1.165) is 5.56 Å². The molecule has 1 radical (unpaired) electrons. The lowest BCUT2D eigenvalue weighted by atomic mass is 9.95. The molecule has 13 amide bonds. The minimum atomic E-state index is -1.44. The van der Waals surface area contributed by atoms with Crippen molar-refractivity contribution in [2.45, 2.75) is 251 Å². The number of aliphatic hydroxyl groups is 1. The van der Waals surface area contributed by atoms with Gasteiger partial charge in [0.15, 0.2) is 5.96 Å². The van der Waals surface area contributed by atoms with E-state index in [2.05, 4.69) is 132 Å². The second-order valence-electron chi connectivity index (χ2n) is 31.4. The van der Waals surface area contributed by atoms with E-state index < -0.39 is 153 Å². The molecule has 9 atom stereocenters. The van der Waals surface area contributed by atoms with Gasteiger partial charge < -0.3 is 96.5 Å². The molecule has 0 aliphatic rings. The first-order valence-electron chi connectivity index (χ1n) is 38.1. The highest BCUT2D eigenvalue weighted by Gasteiger charge is 2.39. The summed E-state index contributed by atoms with van der Waals surface area (Å²) in [6.07, 6.45) is 4.12. The number of H-pyrrole nitrogens is 2. The van der Waals surface area contributed by atoms with Crippen molar-refractivity contribution in [1.29, 1.82) is 0 Å². The summed E-state index contributed by atoms with van der Waals surface area (Å²) in [4.78, 5) is 189. The SMILES string of the molecule is CC(C)C[C@H](NC(=O)C[C@H](O)C(NC(=O)[C@H](Cc1cnc[nH]1)NC(=O)CNC(=O)[C@@H](NC(=O)[C@H](C)NC(=O)[C@H](Cc1c[nH]c2ccccc12)NC(=O)[C@H](CCC(N)=O)NC(=O)CCCCNC(=O)[C@H](CCCN=C(N)N)NC(=O)CCCCNC(=O)Cc1ccc([Si](C(C)(C)C)C(C)(C)C)cc1)C(C)C)C(C)C)C(N)=O. The zero-order valence-corrected chi connectivity index (χ0v) is 67.7. The van der Waals surface area contributed by atoms with Gasteiger partial charge in [0.2, 0.25) is 76.8 Å². The third-order valence-electron chi connectivity index (χ3n) is 18.3. The number of imidazole rings is 1. The van der Waals surface area contributed by atoms with E-state index in [0.29, 0.717) is 48.0 Å². The first-order chi connectivity index (χ1) is 52.1. The molecule has 4 aromatic rings. The monoisotopic (exact) mass is 1560 g/mol. The maximum atomic E-state index is 14.4.